The van der Waals surface area contributed by atoms with Gasteiger partial charge in [-0.05, 0) is 24.5 Å². The number of nitrogens with zero attached hydrogens (tertiary/aromatic N) is 1. The number of hydrogen-bond acceptors (Lipinski definition) is 4. The lowest BCUT2D eigenvalue weighted by atomic mass is 10.1. The van der Waals surface area contributed by atoms with Crippen LogP contribution < -0.4 is 9.92 Å². The SMILES string of the molecule is CC/C(=N\S(=O)(=O)c1ccc([Si](C)(C)C)c(CC)c1OC)P(=O)(O)O. The van der Waals surface area contributed by atoms with E-state index in [2.05, 4.69) is 24.0 Å². The highest BCUT2D eigenvalue weighted by Crippen LogP contribution is 2.40. The van der Waals surface area contributed by atoms with Crippen molar-refractivity contribution in [2.24, 2.45) is 4.40 Å². The molecular formula is C15H26NO6PSSi. The number of ether oxygens (including phenoxy) is 1. The standard InChI is InChI=1S/C15H26NO6PSSi/c1-7-11-13(25(4,5)6)10-9-12(15(11)22-3)24(20,21)16-14(8-2)23(17,18)19/h9-10H,7-8H2,1-6H3,(H2,17,18,19)/b16-14+. The van der Waals surface area contributed by atoms with Crippen molar-refractivity contribution in [2.45, 2.75) is 51.2 Å². The van der Waals surface area contributed by atoms with Crippen LogP contribution in [0.3, 0.4) is 0 Å². The maximum Gasteiger partial charge on any atom is 0.371 e. The molecule has 0 aliphatic heterocycles. The van der Waals surface area contributed by atoms with E-state index in [1.165, 1.54) is 20.1 Å². The van der Waals surface area contributed by atoms with E-state index in [1.807, 2.05) is 6.92 Å². The fraction of sp³-hybridized carbons (Fsp3) is 0.533. The summed E-state index contributed by atoms with van der Waals surface area (Å²) in [5.41, 5.74) is 0.133. The molecule has 0 atom stereocenters. The molecule has 7 nitrogen and oxygen atoms in total. The highest BCUT2D eigenvalue weighted by molar-refractivity contribution is 7.91. The number of methoxy groups -OCH3 is 1. The Morgan fingerprint density at radius 2 is 1.80 bits per heavy atom. The summed E-state index contributed by atoms with van der Waals surface area (Å²) in [4.78, 5) is 18.3. The van der Waals surface area contributed by atoms with Crippen molar-refractivity contribution in [1.82, 2.24) is 0 Å². The predicted molar refractivity (Wildman–Crippen MR) is 102 cm³/mol. The second-order valence-corrected chi connectivity index (χ2v) is 14.8. The van der Waals surface area contributed by atoms with E-state index in [0.29, 0.717) is 6.42 Å². The molecule has 2 N–H and O–H groups in total. The molecule has 10 heteroatoms. The van der Waals surface area contributed by atoms with Gasteiger partial charge in [0, 0.05) is 0 Å². The Morgan fingerprint density at radius 3 is 2.16 bits per heavy atom. The Kier molecular flexibility index (Phi) is 6.80. The summed E-state index contributed by atoms with van der Waals surface area (Å²) in [7, 11) is -9.39. The van der Waals surface area contributed by atoms with Crippen LogP contribution in [0.2, 0.25) is 19.6 Å². The number of benzene rings is 1. The highest BCUT2D eigenvalue weighted by Gasteiger charge is 2.30. The average molecular weight is 408 g/mol. The van der Waals surface area contributed by atoms with Crippen molar-refractivity contribution in [2.75, 3.05) is 7.11 Å². The van der Waals surface area contributed by atoms with Crippen LogP contribution >= 0.6 is 7.60 Å². The van der Waals surface area contributed by atoms with E-state index in [1.54, 1.807) is 6.07 Å². The minimum absolute atomic E-state index is 0.167. The molecule has 25 heavy (non-hydrogen) atoms. The molecule has 0 bridgehead atoms. The minimum Gasteiger partial charge on any atom is -0.495 e. The maximum atomic E-state index is 12.7. The van der Waals surface area contributed by atoms with Crippen LogP contribution in [-0.4, -0.2) is 38.8 Å². The van der Waals surface area contributed by atoms with Gasteiger partial charge in [-0.25, -0.2) is 0 Å². The second-order valence-electron chi connectivity index (χ2n) is 6.61. The lowest BCUT2D eigenvalue weighted by Crippen LogP contribution is -2.40. The van der Waals surface area contributed by atoms with E-state index in [0.717, 1.165) is 10.8 Å². The van der Waals surface area contributed by atoms with Gasteiger partial charge < -0.3 is 14.5 Å². The van der Waals surface area contributed by atoms with Gasteiger partial charge in [0.15, 0.2) is 0 Å². The smallest absolute Gasteiger partial charge is 0.371 e. The Hall–Kier alpha value is -0.993. The minimum atomic E-state index is -4.73. The van der Waals surface area contributed by atoms with Crippen LogP contribution in [0.15, 0.2) is 21.4 Å². The molecule has 0 fully saturated rings. The molecule has 1 aromatic carbocycles. The van der Waals surface area contributed by atoms with E-state index < -0.39 is 31.1 Å². The quantitative estimate of drug-likeness (QED) is 0.408. The van der Waals surface area contributed by atoms with Gasteiger partial charge >= 0.3 is 7.60 Å². The summed E-state index contributed by atoms with van der Waals surface area (Å²) >= 11 is 0. The van der Waals surface area contributed by atoms with Crippen molar-refractivity contribution in [3.05, 3.63) is 17.7 Å². The average Bonchev–Trinajstić information content (AvgIpc) is 2.48. The van der Waals surface area contributed by atoms with Crippen LogP contribution in [0.5, 0.6) is 5.75 Å². The van der Waals surface area contributed by atoms with Crippen molar-refractivity contribution < 1.29 is 27.5 Å². The monoisotopic (exact) mass is 407 g/mol. The first-order valence-electron chi connectivity index (χ1n) is 7.89. The highest BCUT2D eigenvalue weighted by atomic mass is 32.2. The summed E-state index contributed by atoms with van der Waals surface area (Å²) in [6, 6.07) is 3.18. The van der Waals surface area contributed by atoms with Gasteiger partial charge in [0.25, 0.3) is 10.0 Å². The summed E-state index contributed by atoms with van der Waals surface area (Å²) in [5, 5.41) is 1.08. The van der Waals surface area contributed by atoms with Gasteiger partial charge in [0.05, 0.1) is 15.2 Å². The molecule has 0 saturated carbocycles. The lowest BCUT2D eigenvalue weighted by Gasteiger charge is -2.23. The first-order chi connectivity index (χ1) is 11.3. The first kappa shape index (κ1) is 22.0. The summed E-state index contributed by atoms with van der Waals surface area (Å²) in [6.07, 6.45) is 0.411. The van der Waals surface area contributed by atoms with E-state index in [4.69, 9.17) is 4.74 Å². The molecule has 0 aliphatic rings. The Bertz CT molecular complexity index is 823. The number of sulfonamides is 1. The van der Waals surface area contributed by atoms with E-state index in [9.17, 15) is 22.8 Å². The third-order valence-electron chi connectivity index (χ3n) is 3.75. The Morgan fingerprint density at radius 1 is 1.24 bits per heavy atom. The Balaban J connectivity index is 3.73. The maximum absolute atomic E-state index is 12.7. The van der Waals surface area contributed by atoms with Crippen LogP contribution in [-0.2, 0) is 21.0 Å². The van der Waals surface area contributed by atoms with Crippen molar-refractivity contribution in [1.29, 1.82) is 0 Å². The van der Waals surface area contributed by atoms with Crippen LogP contribution in [0.25, 0.3) is 0 Å². The second kappa shape index (κ2) is 7.71. The largest absolute Gasteiger partial charge is 0.495 e. The lowest BCUT2D eigenvalue weighted by molar-refractivity contribution is 0.390. The zero-order valence-electron chi connectivity index (χ0n) is 15.4. The predicted octanol–water partition coefficient (Wildman–Crippen LogP) is 2.48. The zero-order valence-corrected chi connectivity index (χ0v) is 18.1. The molecule has 0 radical (unpaired) electrons. The molecule has 1 rings (SSSR count). The van der Waals surface area contributed by atoms with Crippen molar-refractivity contribution in [3.8, 4) is 5.75 Å². The normalized spacial score (nSPS) is 13.8. The Labute approximate surface area is 150 Å². The van der Waals surface area contributed by atoms with Gasteiger partial charge in [0.1, 0.15) is 16.1 Å². The summed E-state index contributed by atoms with van der Waals surface area (Å²) < 4.78 is 45.5. The molecule has 0 spiro atoms. The molecule has 0 amide bonds. The molecule has 0 heterocycles. The fourth-order valence-corrected chi connectivity index (χ4v) is 6.72. The molecule has 0 aromatic heterocycles. The molecule has 0 aliphatic carbocycles. The van der Waals surface area contributed by atoms with E-state index >= 15 is 0 Å². The van der Waals surface area contributed by atoms with Crippen LogP contribution in [0, 0.1) is 0 Å². The molecular weight excluding hydrogens is 381 g/mol. The van der Waals surface area contributed by atoms with Gasteiger partial charge in [-0.1, -0.05) is 44.7 Å². The van der Waals surface area contributed by atoms with Gasteiger partial charge in [-0.3, -0.25) is 4.57 Å². The summed E-state index contributed by atoms with van der Waals surface area (Å²) in [6.45, 7) is 9.80. The van der Waals surface area contributed by atoms with Gasteiger partial charge in [0.2, 0.25) is 0 Å². The zero-order chi connectivity index (χ0) is 19.6. The van der Waals surface area contributed by atoms with E-state index in [-0.39, 0.29) is 17.1 Å². The van der Waals surface area contributed by atoms with Gasteiger partial charge in [-0.15, -0.1) is 0 Å². The van der Waals surface area contributed by atoms with Crippen molar-refractivity contribution >= 4 is 36.3 Å². The number of rotatable bonds is 7. The third-order valence-corrected chi connectivity index (χ3v) is 8.39. The van der Waals surface area contributed by atoms with Crippen LogP contribution in [0.4, 0.5) is 0 Å². The third kappa shape index (κ3) is 5.01. The fourth-order valence-electron chi connectivity index (χ4n) is 2.60. The number of hydrogen-bond donors (Lipinski definition) is 2. The van der Waals surface area contributed by atoms with Gasteiger partial charge in [-0.2, -0.15) is 12.8 Å². The molecule has 0 unspecified atom stereocenters. The van der Waals surface area contributed by atoms with Crippen LogP contribution in [0.1, 0.15) is 25.8 Å². The molecule has 142 valence electrons. The van der Waals surface area contributed by atoms with Crippen molar-refractivity contribution in [3.63, 3.8) is 0 Å². The first-order valence-corrected chi connectivity index (χ1v) is 14.4. The molecule has 0 saturated heterocycles. The molecule has 1 aromatic rings. The topological polar surface area (TPSA) is 113 Å². The summed E-state index contributed by atoms with van der Waals surface area (Å²) in [5.74, 6) is 0.201.